The second-order valence-electron chi connectivity index (χ2n) is 9.36. The molecule has 0 aromatic carbocycles. The van der Waals surface area contributed by atoms with E-state index >= 15 is 0 Å². The molecule has 0 aromatic heterocycles. The molecule has 4 amide bonds. The molecular weight excluding hydrogens is 552 g/mol. The van der Waals surface area contributed by atoms with Gasteiger partial charge in [0.1, 0.15) is 12.1 Å². The van der Waals surface area contributed by atoms with Gasteiger partial charge in [-0.15, -0.1) is 0 Å². The monoisotopic (exact) mass is 597 g/mol. The molecule has 19 heteroatoms. The Morgan fingerprint density at radius 3 is 1.52 bits per heavy atom. The summed E-state index contributed by atoms with van der Waals surface area (Å²) in [6.07, 6.45) is 2.81. The first-order chi connectivity index (χ1) is 19.8. The van der Waals surface area contributed by atoms with Gasteiger partial charge in [-0.1, -0.05) is 0 Å². The Balaban J connectivity index is 5.48. The number of primary amides is 1. The van der Waals surface area contributed by atoms with Gasteiger partial charge < -0.3 is 60.6 Å². The van der Waals surface area contributed by atoms with Crippen LogP contribution in [0.5, 0.6) is 0 Å². The van der Waals surface area contributed by atoms with E-state index in [1.54, 1.807) is 6.29 Å². The van der Waals surface area contributed by atoms with Crippen molar-refractivity contribution in [3.05, 3.63) is 0 Å². The van der Waals surface area contributed by atoms with Gasteiger partial charge in [-0.2, -0.15) is 0 Å². The number of carbonyl (C=O) groups is 4. The van der Waals surface area contributed by atoms with E-state index in [2.05, 4.69) is 31.9 Å². The number of nitrogens with one attached hydrogen (secondary N) is 9. The van der Waals surface area contributed by atoms with Gasteiger partial charge in [-0.25, -0.2) is 0 Å². The highest BCUT2D eigenvalue weighted by Crippen LogP contribution is 2.05. The van der Waals surface area contributed by atoms with Crippen molar-refractivity contribution in [2.75, 3.05) is 19.6 Å². The molecule has 0 fully saturated rings. The third kappa shape index (κ3) is 18.6. The molecule has 42 heavy (non-hydrogen) atoms. The van der Waals surface area contributed by atoms with Crippen molar-refractivity contribution < 1.29 is 24.0 Å². The predicted octanol–water partition coefficient (Wildman–Crippen LogP) is -5.07. The molecule has 19 nitrogen and oxygen atoms in total. The van der Waals surface area contributed by atoms with Crippen LogP contribution in [-0.2, 0) is 24.0 Å². The van der Waals surface area contributed by atoms with Crippen molar-refractivity contribution in [1.82, 2.24) is 31.9 Å². The van der Waals surface area contributed by atoms with Gasteiger partial charge in [0.2, 0.25) is 29.9 Å². The first-order valence-electron chi connectivity index (χ1n) is 13.3. The molecule has 1 radical (unpaired) electrons. The van der Waals surface area contributed by atoms with Crippen molar-refractivity contribution in [3.63, 3.8) is 0 Å². The quantitative estimate of drug-likeness (QED) is 0.0316. The zero-order valence-corrected chi connectivity index (χ0v) is 23.5. The van der Waals surface area contributed by atoms with Crippen LogP contribution in [-0.4, -0.2) is 91.6 Å². The van der Waals surface area contributed by atoms with Gasteiger partial charge in [-0.05, 0) is 44.9 Å². The van der Waals surface area contributed by atoms with E-state index in [1.807, 2.05) is 0 Å². The minimum Gasteiger partial charge on any atom is -0.370 e. The molecule has 0 spiro atoms. The number of hydrogen-bond donors (Lipinski definition) is 14. The number of carbonyl (C=O) groups excluding carboxylic acids is 5. The van der Waals surface area contributed by atoms with Crippen LogP contribution in [0.1, 0.15) is 51.4 Å². The predicted molar refractivity (Wildman–Crippen MR) is 155 cm³/mol. The molecule has 237 valence electrons. The molecular formula is C23H45N14O5. The van der Waals surface area contributed by atoms with Gasteiger partial charge in [0.25, 0.3) is 0 Å². The number of hydrogen-bond acceptors (Lipinski definition) is 9. The molecule has 0 aliphatic heterocycles. The summed E-state index contributed by atoms with van der Waals surface area (Å²) in [5, 5.41) is 36.8. The maximum absolute atomic E-state index is 13.2. The summed E-state index contributed by atoms with van der Waals surface area (Å²) in [5.74, 6) is -3.62. The second kappa shape index (κ2) is 21.1. The molecule has 19 N–H and O–H groups in total. The Labute approximate surface area is 244 Å². The fraction of sp³-hybridized carbons (Fsp3) is 0.652. The van der Waals surface area contributed by atoms with Gasteiger partial charge in [0.05, 0.1) is 12.1 Å². The van der Waals surface area contributed by atoms with E-state index in [0.717, 1.165) is 0 Å². The third-order valence-corrected chi connectivity index (χ3v) is 5.72. The lowest BCUT2D eigenvalue weighted by Crippen LogP contribution is -2.56. The van der Waals surface area contributed by atoms with E-state index in [9.17, 15) is 24.0 Å². The van der Waals surface area contributed by atoms with Crippen molar-refractivity contribution in [3.8, 4) is 0 Å². The number of rotatable bonds is 22. The minimum absolute atomic E-state index is 0.0779. The highest BCUT2D eigenvalue weighted by atomic mass is 16.2. The third-order valence-electron chi connectivity index (χ3n) is 5.72. The Morgan fingerprint density at radius 1 is 0.619 bits per heavy atom. The van der Waals surface area contributed by atoms with Crippen LogP contribution in [0.3, 0.4) is 0 Å². The number of nitrogens with two attached hydrogens (primary N) is 5. The Hall–Kier alpha value is -4.68. The van der Waals surface area contributed by atoms with Crippen molar-refractivity contribution >= 4 is 47.8 Å². The standard InChI is InChI=1S/C23H45N14O5/c24-14(5-2-10-33-22(28)29)18(40)36-15(6-3-11-34-23(30)31)20(42)37-16(7-8-17(25)39)19(41)35-13(12-38)4-1-9-32-21(26)27/h13-16H,1-11,24H2,(H2,25,39)(H,35,41)(H,36,40)(H,37,42)(H4,26,27,32)(H4,28,29,33)(H4,30,31,34)/t13-,14-,15-,16-/m1/s1. The van der Waals surface area contributed by atoms with Crippen LogP contribution in [0.4, 0.5) is 0 Å². The molecule has 0 aromatic rings. The van der Waals surface area contributed by atoms with E-state index in [0.29, 0.717) is 25.8 Å². The smallest absolute Gasteiger partial charge is 0.243 e. The normalized spacial score (nSPS) is 13.3. The fourth-order valence-corrected chi connectivity index (χ4v) is 3.54. The lowest BCUT2D eigenvalue weighted by Gasteiger charge is -2.25. The van der Waals surface area contributed by atoms with E-state index in [4.69, 9.17) is 44.9 Å². The molecule has 0 rings (SSSR count). The molecule has 0 aliphatic rings. The van der Waals surface area contributed by atoms with Crippen LogP contribution in [0, 0.1) is 16.2 Å². The first kappa shape index (κ1) is 37.3. The number of guanidine groups is 3. The van der Waals surface area contributed by atoms with Crippen molar-refractivity contribution in [2.45, 2.75) is 75.5 Å². The summed E-state index contributed by atoms with van der Waals surface area (Å²) in [4.78, 5) is 61.7. The minimum atomic E-state index is -1.28. The van der Waals surface area contributed by atoms with Crippen LogP contribution >= 0.6 is 0 Å². The summed E-state index contributed by atoms with van der Waals surface area (Å²) in [7, 11) is 0. The van der Waals surface area contributed by atoms with Crippen molar-refractivity contribution in [2.24, 2.45) is 28.7 Å². The summed E-state index contributed by atoms with van der Waals surface area (Å²) in [6, 6.07) is -4.46. The summed E-state index contributed by atoms with van der Waals surface area (Å²) >= 11 is 0. The number of amides is 4. The molecule has 0 saturated carbocycles. The van der Waals surface area contributed by atoms with Crippen molar-refractivity contribution in [1.29, 1.82) is 16.2 Å². The molecule has 4 atom stereocenters. The average molecular weight is 598 g/mol. The molecule has 0 bridgehead atoms. The Bertz CT molecular complexity index is 947. The summed E-state index contributed by atoms with van der Waals surface area (Å²) < 4.78 is 0. The topological polar surface area (TPSA) is 359 Å². The lowest BCUT2D eigenvalue weighted by atomic mass is 10.1. The zero-order chi connectivity index (χ0) is 32.1. The molecule has 0 aliphatic carbocycles. The molecule has 0 heterocycles. The Morgan fingerprint density at radius 2 is 1.05 bits per heavy atom. The second-order valence-corrected chi connectivity index (χ2v) is 9.36. The van der Waals surface area contributed by atoms with Crippen LogP contribution in [0.25, 0.3) is 0 Å². The highest BCUT2D eigenvalue weighted by molar-refractivity contribution is 5.93. The largest absolute Gasteiger partial charge is 0.370 e. The summed E-state index contributed by atoms with van der Waals surface area (Å²) in [5.41, 5.74) is 26.9. The molecule has 0 unspecified atom stereocenters. The first-order valence-corrected chi connectivity index (χ1v) is 13.3. The van der Waals surface area contributed by atoms with Gasteiger partial charge in [-0.3, -0.25) is 40.2 Å². The van der Waals surface area contributed by atoms with Crippen LogP contribution in [0.2, 0.25) is 0 Å². The fourth-order valence-electron chi connectivity index (χ4n) is 3.54. The zero-order valence-electron chi connectivity index (χ0n) is 23.5. The average Bonchev–Trinajstić information content (AvgIpc) is 2.91. The van der Waals surface area contributed by atoms with Gasteiger partial charge in [0, 0.05) is 26.1 Å². The van der Waals surface area contributed by atoms with E-state index < -0.39 is 47.8 Å². The van der Waals surface area contributed by atoms with Crippen LogP contribution < -0.4 is 60.6 Å². The maximum atomic E-state index is 13.2. The van der Waals surface area contributed by atoms with E-state index in [1.165, 1.54) is 0 Å². The van der Waals surface area contributed by atoms with Crippen LogP contribution in [0.15, 0.2) is 0 Å². The van der Waals surface area contributed by atoms with Gasteiger partial charge in [0.15, 0.2) is 17.9 Å². The van der Waals surface area contributed by atoms with Gasteiger partial charge >= 0.3 is 0 Å². The SMILES string of the molecule is N=C(N)NCCC[C@@H](N)C(=O)N[C@H](CCCNC(=N)N)C(=O)N[C@H](CCC(N)=O)C(=O)N[C@@H]([C]=O)CCCNC(=N)N. The maximum Gasteiger partial charge on any atom is 0.243 e. The lowest BCUT2D eigenvalue weighted by molar-refractivity contribution is -0.133. The van der Waals surface area contributed by atoms with E-state index in [-0.39, 0.29) is 63.1 Å². The highest BCUT2D eigenvalue weighted by Gasteiger charge is 2.29. The molecule has 0 saturated heterocycles. The Kier molecular flexibility index (Phi) is 18.8. The summed E-state index contributed by atoms with van der Waals surface area (Å²) in [6.45, 7) is 0.819.